The molecule has 0 saturated carbocycles. The molecule has 0 atom stereocenters. The van der Waals surface area contributed by atoms with E-state index in [-0.39, 0.29) is 16.9 Å². The van der Waals surface area contributed by atoms with Gasteiger partial charge in [-0.2, -0.15) is 0 Å². The van der Waals surface area contributed by atoms with Crippen LogP contribution >= 0.6 is 23.8 Å². The number of hydrogen-bond donors (Lipinski definition) is 2. The first kappa shape index (κ1) is 25.8. The fourth-order valence-electron chi connectivity index (χ4n) is 3.69. The Hall–Kier alpha value is -2.84. The van der Waals surface area contributed by atoms with Crippen molar-refractivity contribution >= 4 is 52.1 Å². The van der Waals surface area contributed by atoms with Gasteiger partial charge in [-0.25, -0.2) is 0 Å². The van der Waals surface area contributed by atoms with Crippen molar-refractivity contribution in [1.29, 1.82) is 0 Å². The van der Waals surface area contributed by atoms with E-state index in [9.17, 15) is 9.59 Å². The molecule has 0 spiro atoms. The zero-order valence-electron chi connectivity index (χ0n) is 19.6. The number of anilines is 2. The van der Waals surface area contributed by atoms with Crippen LogP contribution in [-0.4, -0.2) is 54.6 Å². The summed E-state index contributed by atoms with van der Waals surface area (Å²) in [5.41, 5.74) is 2.05. The molecule has 2 aromatic carbocycles. The lowest BCUT2D eigenvalue weighted by molar-refractivity contribution is -0.131. The Kier molecular flexibility index (Phi) is 9.53. The summed E-state index contributed by atoms with van der Waals surface area (Å²) < 4.78 is 5.58. The maximum absolute atomic E-state index is 12.6. The van der Waals surface area contributed by atoms with Crippen molar-refractivity contribution in [1.82, 2.24) is 10.2 Å². The molecule has 182 valence electrons. The number of rotatable bonds is 8. The first-order valence-corrected chi connectivity index (χ1v) is 12.4. The number of amides is 2. The third kappa shape index (κ3) is 7.08. The predicted octanol–water partition coefficient (Wildman–Crippen LogP) is 4.70. The molecule has 0 radical (unpaired) electrons. The van der Waals surface area contributed by atoms with Crippen molar-refractivity contribution in [3.63, 3.8) is 0 Å². The highest BCUT2D eigenvalue weighted by atomic mass is 35.5. The van der Waals surface area contributed by atoms with Crippen LogP contribution in [0.5, 0.6) is 5.75 Å². The Labute approximate surface area is 211 Å². The molecule has 1 aliphatic rings. The van der Waals surface area contributed by atoms with Gasteiger partial charge in [0, 0.05) is 43.9 Å². The maximum atomic E-state index is 12.6. The van der Waals surface area contributed by atoms with Crippen molar-refractivity contribution < 1.29 is 14.3 Å². The van der Waals surface area contributed by atoms with Gasteiger partial charge in [-0.3, -0.25) is 14.9 Å². The van der Waals surface area contributed by atoms with Crippen LogP contribution in [0, 0.1) is 0 Å². The van der Waals surface area contributed by atoms with Gasteiger partial charge in [0.05, 0.1) is 17.3 Å². The van der Waals surface area contributed by atoms with Crippen molar-refractivity contribution in [2.75, 3.05) is 43.0 Å². The smallest absolute Gasteiger partial charge is 0.257 e. The van der Waals surface area contributed by atoms with Gasteiger partial charge in [0.2, 0.25) is 5.91 Å². The van der Waals surface area contributed by atoms with E-state index < -0.39 is 0 Å². The molecule has 2 amide bonds. The molecule has 1 saturated heterocycles. The van der Waals surface area contributed by atoms with E-state index in [0.717, 1.165) is 31.6 Å². The van der Waals surface area contributed by atoms with Gasteiger partial charge >= 0.3 is 0 Å². The summed E-state index contributed by atoms with van der Waals surface area (Å²) >= 11 is 11.9. The number of hydrogen-bond acceptors (Lipinski definition) is 5. The topological polar surface area (TPSA) is 73.9 Å². The highest BCUT2D eigenvalue weighted by molar-refractivity contribution is 7.80. The lowest BCUT2D eigenvalue weighted by Gasteiger charge is -2.36. The molecule has 34 heavy (non-hydrogen) atoms. The molecular formula is C25H31ClN4O3S. The van der Waals surface area contributed by atoms with E-state index in [0.29, 0.717) is 48.1 Å². The van der Waals surface area contributed by atoms with E-state index >= 15 is 0 Å². The molecule has 0 bridgehead atoms. The average Bonchev–Trinajstić information content (AvgIpc) is 2.83. The van der Waals surface area contributed by atoms with Gasteiger partial charge in [-0.15, -0.1) is 0 Å². The number of carbonyl (C=O) groups excluding carboxylic acids is 2. The predicted molar refractivity (Wildman–Crippen MR) is 141 cm³/mol. The highest BCUT2D eigenvalue weighted by Gasteiger charge is 2.22. The van der Waals surface area contributed by atoms with Crippen molar-refractivity contribution in [3.8, 4) is 5.75 Å². The molecule has 9 heteroatoms. The minimum absolute atomic E-state index is 0.178. The summed E-state index contributed by atoms with van der Waals surface area (Å²) in [6.45, 7) is 7.48. The number of nitrogens with one attached hydrogen (secondary N) is 2. The summed E-state index contributed by atoms with van der Waals surface area (Å²) in [6.07, 6.45) is 2.34. The number of nitrogens with zero attached hydrogens (tertiary/aromatic N) is 2. The average molecular weight is 503 g/mol. The van der Waals surface area contributed by atoms with Crippen LogP contribution in [0.2, 0.25) is 5.02 Å². The monoisotopic (exact) mass is 502 g/mol. The highest BCUT2D eigenvalue weighted by Crippen LogP contribution is 2.29. The van der Waals surface area contributed by atoms with Crippen LogP contribution in [0.4, 0.5) is 11.4 Å². The first-order valence-electron chi connectivity index (χ1n) is 11.6. The van der Waals surface area contributed by atoms with Crippen LogP contribution in [0.15, 0.2) is 42.5 Å². The fraction of sp³-hybridized carbons (Fsp3) is 0.400. The molecular weight excluding hydrogens is 472 g/mol. The summed E-state index contributed by atoms with van der Waals surface area (Å²) in [4.78, 5) is 28.8. The molecule has 1 fully saturated rings. The largest absolute Gasteiger partial charge is 0.494 e. The summed E-state index contributed by atoms with van der Waals surface area (Å²) in [7, 11) is 0. The van der Waals surface area contributed by atoms with Gasteiger partial charge in [0.1, 0.15) is 5.75 Å². The molecule has 1 aliphatic heterocycles. The third-order valence-corrected chi connectivity index (χ3v) is 5.95. The summed E-state index contributed by atoms with van der Waals surface area (Å²) in [6, 6.07) is 12.6. The standard InChI is InChI=1S/C25H31ClN4O3S/c1-3-6-23(31)30-13-11-29(12-14-30)22-10-9-19(17-21(22)26)27-25(34)28-24(32)18-7-5-8-20(16-18)33-15-4-2/h5,7-10,16-17H,3-4,6,11-15H2,1-2H3,(H2,27,28,32,34). The summed E-state index contributed by atoms with van der Waals surface area (Å²) in [5, 5.41) is 6.45. The molecule has 1 heterocycles. The minimum Gasteiger partial charge on any atom is -0.494 e. The Morgan fingerprint density at radius 2 is 1.82 bits per heavy atom. The number of halogens is 1. The van der Waals surface area contributed by atoms with Gasteiger partial charge in [-0.05, 0) is 61.5 Å². The second-order valence-electron chi connectivity index (χ2n) is 8.07. The van der Waals surface area contributed by atoms with Gasteiger partial charge in [0.15, 0.2) is 5.11 Å². The normalized spacial score (nSPS) is 13.4. The SMILES string of the molecule is CCCOc1cccc(C(=O)NC(=S)Nc2ccc(N3CCN(C(=O)CCC)CC3)c(Cl)c2)c1. The van der Waals surface area contributed by atoms with Crippen molar-refractivity contribution in [3.05, 3.63) is 53.1 Å². The van der Waals surface area contributed by atoms with Crippen LogP contribution in [0.25, 0.3) is 0 Å². The van der Waals surface area contributed by atoms with Crippen molar-refractivity contribution in [2.24, 2.45) is 0 Å². The fourth-order valence-corrected chi connectivity index (χ4v) is 4.21. The van der Waals surface area contributed by atoms with E-state index in [2.05, 4.69) is 15.5 Å². The zero-order chi connectivity index (χ0) is 24.5. The lowest BCUT2D eigenvalue weighted by atomic mass is 10.2. The lowest BCUT2D eigenvalue weighted by Crippen LogP contribution is -2.48. The Bertz CT molecular complexity index is 1020. The first-order chi connectivity index (χ1) is 16.4. The zero-order valence-corrected chi connectivity index (χ0v) is 21.2. The summed E-state index contributed by atoms with van der Waals surface area (Å²) in [5.74, 6) is 0.535. The van der Waals surface area contributed by atoms with E-state index in [1.807, 2.05) is 36.9 Å². The number of ether oxygens (including phenoxy) is 1. The van der Waals surface area contributed by atoms with Gasteiger partial charge in [0.25, 0.3) is 5.91 Å². The van der Waals surface area contributed by atoms with Crippen LogP contribution in [0.3, 0.4) is 0 Å². The Morgan fingerprint density at radius 3 is 2.50 bits per heavy atom. The Balaban J connectivity index is 1.55. The maximum Gasteiger partial charge on any atom is 0.257 e. The van der Waals surface area contributed by atoms with Crippen LogP contribution < -0.4 is 20.3 Å². The number of thiocarbonyl (C=S) groups is 1. The van der Waals surface area contributed by atoms with Crippen LogP contribution in [-0.2, 0) is 4.79 Å². The van der Waals surface area contributed by atoms with Gasteiger partial charge in [-0.1, -0.05) is 31.5 Å². The molecule has 0 unspecified atom stereocenters. The molecule has 2 N–H and O–H groups in total. The molecule has 2 aromatic rings. The second-order valence-corrected chi connectivity index (χ2v) is 8.88. The van der Waals surface area contributed by atoms with E-state index in [1.54, 1.807) is 24.3 Å². The number of benzene rings is 2. The second kappa shape index (κ2) is 12.6. The third-order valence-electron chi connectivity index (χ3n) is 5.44. The number of piperazine rings is 1. The molecule has 3 rings (SSSR count). The number of carbonyl (C=O) groups is 2. The Morgan fingerprint density at radius 1 is 1.06 bits per heavy atom. The quantitative estimate of drug-likeness (QED) is 0.509. The molecule has 7 nitrogen and oxygen atoms in total. The molecule has 0 aromatic heterocycles. The van der Waals surface area contributed by atoms with E-state index in [4.69, 9.17) is 28.6 Å². The molecule has 0 aliphatic carbocycles. The van der Waals surface area contributed by atoms with Gasteiger partial charge < -0.3 is 19.9 Å². The van der Waals surface area contributed by atoms with E-state index in [1.165, 1.54) is 0 Å². The van der Waals surface area contributed by atoms with Crippen LogP contribution in [0.1, 0.15) is 43.5 Å². The van der Waals surface area contributed by atoms with Crippen molar-refractivity contribution in [2.45, 2.75) is 33.1 Å². The minimum atomic E-state index is -0.322.